The molecule has 0 saturated heterocycles. The van der Waals surface area contributed by atoms with Gasteiger partial charge in [-0.1, -0.05) is 13.8 Å². The number of phenols is 1. The lowest BCUT2D eigenvalue weighted by Gasteiger charge is -2.50. The Bertz CT molecular complexity index is 1210. The van der Waals surface area contributed by atoms with Gasteiger partial charge in [0.25, 0.3) is 5.91 Å². The highest BCUT2D eigenvalue weighted by molar-refractivity contribution is 6.24. The lowest BCUT2D eigenvalue weighted by atomic mass is 9.57. The highest BCUT2D eigenvalue weighted by Gasteiger charge is 2.64. The van der Waals surface area contributed by atoms with Crippen LogP contribution in [-0.2, 0) is 20.8 Å². The molecule has 3 aliphatic carbocycles. The zero-order valence-electron chi connectivity index (χ0n) is 19.4. The van der Waals surface area contributed by atoms with Gasteiger partial charge in [-0.3, -0.25) is 19.3 Å². The van der Waals surface area contributed by atoms with E-state index in [1.165, 1.54) is 4.90 Å². The molecule has 0 bridgehead atoms. The van der Waals surface area contributed by atoms with Crippen molar-refractivity contribution in [1.82, 2.24) is 4.90 Å². The van der Waals surface area contributed by atoms with Crippen LogP contribution in [0.15, 0.2) is 23.0 Å². The summed E-state index contributed by atoms with van der Waals surface area (Å²) >= 11 is 0. The van der Waals surface area contributed by atoms with Crippen molar-refractivity contribution in [2.45, 2.75) is 44.2 Å². The van der Waals surface area contributed by atoms with Crippen molar-refractivity contribution in [2.24, 2.45) is 17.6 Å². The summed E-state index contributed by atoms with van der Waals surface area (Å²) in [5.41, 5.74) is 9.07. The van der Waals surface area contributed by atoms with Crippen molar-refractivity contribution < 1.29 is 34.8 Å². The van der Waals surface area contributed by atoms with Gasteiger partial charge in [0.15, 0.2) is 11.4 Å². The Balaban J connectivity index is 2.01. The SMILES string of the molecule is CC(C)c1cc(N)c(O)c2c1CC1CC3[C@H](N(C)C)C(=O)C(C(N)=O)=C(O)[C@@]3(O)C(=O)C1=C2O. The number of aliphatic hydroxyl groups excluding tert-OH is 2. The summed E-state index contributed by atoms with van der Waals surface area (Å²) in [7, 11) is 3.12. The maximum absolute atomic E-state index is 13.7. The minimum Gasteiger partial charge on any atom is -0.508 e. The van der Waals surface area contributed by atoms with Crippen LogP contribution in [-0.4, -0.2) is 68.5 Å². The summed E-state index contributed by atoms with van der Waals surface area (Å²) in [5, 5.41) is 44.2. The van der Waals surface area contributed by atoms with Crippen LogP contribution in [0.4, 0.5) is 5.69 Å². The number of benzene rings is 1. The quantitative estimate of drug-likeness (QED) is 0.209. The lowest BCUT2D eigenvalue weighted by Crippen LogP contribution is -2.65. The maximum atomic E-state index is 13.7. The molecule has 4 atom stereocenters. The number of ketones is 2. The van der Waals surface area contributed by atoms with E-state index in [9.17, 15) is 34.8 Å². The first-order valence-electron chi connectivity index (χ1n) is 11.0. The van der Waals surface area contributed by atoms with Crippen LogP contribution in [0.5, 0.6) is 5.75 Å². The van der Waals surface area contributed by atoms with Gasteiger partial charge in [0, 0.05) is 11.5 Å². The van der Waals surface area contributed by atoms with Crippen LogP contribution in [0, 0.1) is 11.8 Å². The molecule has 0 aliphatic heterocycles. The van der Waals surface area contributed by atoms with E-state index in [0.717, 1.165) is 5.56 Å². The van der Waals surface area contributed by atoms with Gasteiger partial charge in [-0.05, 0) is 56.0 Å². The molecular formula is C24H29N3O7. The van der Waals surface area contributed by atoms with E-state index in [1.54, 1.807) is 20.2 Å². The molecule has 10 nitrogen and oxygen atoms in total. The number of carbonyl (C=O) groups is 3. The van der Waals surface area contributed by atoms with Gasteiger partial charge in [0.05, 0.1) is 17.3 Å². The molecule has 0 heterocycles. The number of hydrogen-bond donors (Lipinski definition) is 6. The molecule has 0 spiro atoms. The van der Waals surface area contributed by atoms with E-state index in [1.807, 2.05) is 13.8 Å². The number of aliphatic hydroxyl groups is 3. The van der Waals surface area contributed by atoms with Gasteiger partial charge in [0.2, 0.25) is 5.78 Å². The van der Waals surface area contributed by atoms with E-state index in [0.29, 0.717) is 5.56 Å². The number of hydrogen-bond acceptors (Lipinski definition) is 9. The number of primary amides is 1. The first kappa shape index (κ1) is 23.8. The fourth-order valence-corrected chi connectivity index (χ4v) is 5.88. The molecule has 4 rings (SSSR count). The molecule has 0 aromatic heterocycles. The third kappa shape index (κ3) is 2.91. The molecule has 0 radical (unpaired) electrons. The van der Waals surface area contributed by atoms with Gasteiger partial charge >= 0.3 is 0 Å². The van der Waals surface area contributed by atoms with Gasteiger partial charge in [-0.25, -0.2) is 0 Å². The molecule has 34 heavy (non-hydrogen) atoms. The summed E-state index contributed by atoms with van der Waals surface area (Å²) in [6, 6.07) is 0.528. The first-order chi connectivity index (χ1) is 15.7. The summed E-state index contributed by atoms with van der Waals surface area (Å²) in [6.07, 6.45) is 0.296. The number of amides is 1. The number of nitrogens with zero attached hydrogens (tertiary/aromatic N) is 1. The predicted octanol–water partition coefficient (Wildman–Crippen LogP) is 0.670. The third-order valence-electron chi connectivity index (χ3n) is 7.41. The average Bonchev–Trinajstić information content (AvgIpc) is 2.72. The summed E-state index contributed by atoms with van der Waals surface area (Å²) < 4.78 is 0. The standard InChI is InChI=1S/C24H29N3O7/c1-8(2)10-7-13(25)18(28)15-11(10)5-9-6-12-17(27(3)4)20(30)16(23(26)33)22(32)24(12,34)21(31)14(9)19(15)29/h7-9,12,17,28-29,32,34H,5-6,25H2,1-4H3,(H2,26,33)/t9?,12?,17-,24-/m0/s1. The van der Waals surface area contributed by atoms with Crippen molar-refractivity contribution in [3.63, 3.8) is 0 Å². The highest BCUT2D eigenvalue weighted by atomic mass is 16.3. The Morgan fingerprint density at radius 3 is 2.35 bits per heavy atom. The fourth-order valence-electron chi connectivity index (χ4n) is 5.88. The molecular weight excluding hydrogens is 442 g/mol. The Morgan fingerprint density at radius 1 is 1.21 bits per heavy atom. The number of nitrogen functional groups attached to an aromatic ring is 1. The van der Waals surface area contributed by atoms with Crippen molar-refractivity contribution in [2.75, 3.05) is 19.8 Å². The van der Waals surface area contributed by atoms with Gasteiger partial charge < -0.3 is 31.9 Å². The first-order valence-corrected chi connectivity index (χ1v) is 11.0. The minimum absolute atomic E-state index is 0.00175. The van der Waals surface area contributed by atoms with Crippen LogP contribution < -0.4 is 11.5 Å². The molecule has 8 N–H and O–H groups in total. The van der Waals surface area contributed by atoms with Crippen LogP contribution >= 0.6 is 0 Å². The number of nitrogens with two attached hydrogens (primary N) is 2. The van der Waals surface area contributed by atoms with Crippen LogP contribution in [0.2, 0.25) is 0 Å². The Labute approximate surface area is 196 Å². The lowest BCUT2D eigenvalue weighted by molar-refractivity contribution is -0.153. The largest absolute Gasteiger partial charge is 0.508 e. The predicted molar refractivity (Wildman–Crippen MR) is 123 cm³/mol. The number of aromatic hydroxyl groups is 1. The van der Waals surface area contributed by atoms with E-state index < -0.39 is 58.0 Å². The molecule has 1 amide bonds. The molecule has 1 aromatic carbocycles. The molecule has 1 fully saturated rings. The number of fused-ring (bicyclic) bond motifs is 3. The molecule has 1 aromatic rings. The van der Waals surface area contributed by atoms with Crippen LogP contribution in [0.25, 0.3) is 5.76 Å². The average molecular weight is 472 g/mol. The third-order valence-corrected chi connectivity index (χ3v) is 7.41. The zero-order valence-corrected chi connectivity index (χ0v) is 19.4. The second kappa shape index (κ2) is 7.57. The van der Waals surface area contributed by atoms with Crippen molar-refractivity contribution >= 4 is 28.9 Å². The summed E-state index contributed by atoms with van der Waals surface area (Å²) in [6.45, 7) is 3.87. The van der Waals surface area contributed by atoms with E-state index in [2.05, 4.69) is 0 Å². The van der Waals surface area contributed by atoms with E-state index >= 15 is 0 Å². The molecule has 10 heteroatoms. The number of rotatable bonds is 3. The second-order valence-electron chi connectivity index (χ2n) is 9.87. The Kier molecular flexibility index (Phi) is 5.30. The fraction of sp³-hybridized carbons (Fsp3) is 0.458. The van der Waals surface area contributed by atoms with Gasteiger partial charge in [-0.2, -0.15) is 0 Å². The zero-order chi connectivity index (χ0) is 25.4. The minimum atomic E-state index is -2.65. The monoisotopic (exact) mass is 471 g/mol. The van der Waals surface area contributed by atoms with Crippen molar-refractivity contribution in [3.05, 3.63) is 39.7 Å². The normalized spacial score (nSPS) is 28.9. The van der Waals surface area contributed by atoms with Crippen molar-refractivity contribution in [3.8, 4) is 5.75 Å². The summed E-state index contributed by atoms with van der Waals surface area (Å²) in [4.78, 5) is 40.3. The molecule has 1 saturated carbocycles. The van der Waals surface area contributed by atoms with Crippen LogP contribution in [0.1, 0.15) is 42.9 Å². The maximum Gasteiger partial charge on any atom is 0.255 e. The second-order valence-corrected chi connectivity index (χ2v) is 9.87. The number of anilines is 1. The number of Topliss-reactive ketones (excluding diaryl/α,β-unsaturated/α-hetero) is 2. The van der Waals surface area contributed by atoms with Gasteiger partial charge in [0.1, 0.15) is 22.8 Å². The number of phenolic OH excluding ortho intramolecular Hbond substituents is 1. The van der Waals surface area contributed by atoms with E-state index in [4.69, 9.17) is 11.5 Å². The number of likely N-dealkylation sites (N-methyl/N-ethyl adjacent to an activating group) is 1. The molecule has 3 aliphatic rings. The summed E-state index contributed by atoms with van der Waals surface area (Å²) in [5.74, 6) is -6.83. The Morgan fingerprint density at radius 2 is 1.82 bits per heavy atom. The smallest absolute Gasteiger partial charge is 0.255 e. The topological polar surface area (TPSA) is 187 Å². The van der Waals surface area contributed by atoms with Gasteiger partial charge in [-0.15, -0.1) is 0 Å². The van der Waals surface area contributed by atoms with E-state index in [-0.39, 0.29) is 41.3 Å². The van der Waals surface area contributed by atoms with Crippen molar-refractivity contribution in [1.29, 1.82) is 0 Å². The molecule has 182 valence electrons. The number of carbonyl (C=O) groups excluding carboxylic acids is 3. The Hall–Kier alpha value is -3.37. The molecule has 2 unspecified atom stereocenters. The van der Waals surface area contributed by atoms with Crippen LogP contribution in [0.3, 0.4) is 0 Å². The highest BCUT2D eigenvalue weighted by Crippen LogP contribution is 2.53.